The molecule has 5 nitrogen and oxygen atoms in total. The number of methoxy groups -OCH3 is 1. The summed E-state index contributed by atoms with van der Waals surface area (Å²) < 4.78 is 41.3. The highest BCUT2D eigenvalue weighted by molar-refractivity contribution is 7.96. The minimum absolute atomic E-state index is 0.947. The molecule has 0 saturated heterocycles. The quantitative estimate of drug-likeness (QED) is 0.604. The van der Waals surface area contributed by atoms with Gasteiger partial charge in [0.15, 0.2) is 9.84 Å². The molecule has 0 bridgehead atoms. The van der Waals surface area contributed by atoms with Crippen LogP contribution < -0.4 is 0 Å². The highest BCUT2D eigenvalue weighted by Crippen LogP contribution is 2.31. The van der Waals surface area contributed by atoms with E-state index in [1.807, 2.05) is 0 Å². The van der Waals surface area contributed by atoms with E-state index >= 15 is 0 Å². The second-order valence-corrected chi connectivity index (χ2v) is 6.00. The third kappa shape index (κ3) is 3.33. The lowest BCUT2D eigenvalue weighted by atomic mass is 11.5. The highest BCUT2D eigenvalue weighted by atomic mass is 32.2. The van der Waals surface area contributed by atoms with Crippen molar-refractivity contribution in [1.82, 2.24) is 0 Å². The third-order valence-corrected chi connectivity index (χ3v) is 4.85. The summed E-state index contributed by atoms with van der Waals surface area (Å²) in [5.74, 6) is 0. The van der Waals surface area contributed by atoms with Crippen molar-refractivity contribution in [2.24, 2.45) is 0 Å². The van der Waals surface area contributed by atoms with Crippen LogP contribution in [0.15, 0.2) is 0 Å². The molecule has 0 fully saturated rings. The molecule has 7 heteroatoms. The molecule has 0 aromatic carbocycles. The lowest BCUT2D eigenvalue weighted by Gasteiger charge is -2.10. The van der Waals surface area contributed by atoms with E-state index in [2.05, 4.69) is 9.26 Å². The summed E-state index contributed by atoms with van der Waals surface area (Å²) in [7, 11) is -3.72. The van der Waals surface area contributed by atoms with Gasteiger partial charge in [0.25, 0.3) is 0 Å². The van der Waals surface area contributed by atoms with E-state index < -0.39 is 23.0 Å². The van der Waals surface area contributed by atoms with Crippen molar-refractivity contribution in [3.63, 3.8) is 0 Å². The summed E-state index contributed by atoms with van der Waals surface area (Å²) in [6.45, 7) is 0. The monoisotopic (exact) mass is 202 g/mol. The standard InChI is InChI=1S/C4H11O5PS/c1-8-4(10(5)9-2)11(3,6)7/h4,10H,1-3H3. The summed E-state index contributed by atoms with van der Waals surface area (Å²) in [4.78, 5) is 0. The molecule has 0 aliphatic rings. The van der Waals surface area contributed by atoms with Crippen molar-refractivity contribution in [2.75, 3.05) is 20.5 Å². The highest BCUT2D eigenvalue weighted by Gasteiger charge is 2.26. The van der Waals surface area contributed by atoms with Crippen LogP contribution in [0.2, 0.25) is 0 Å². The maximum absolute atomic E-state index is 10.8. The second kappa shape index (κ2) is 4.21. The molecule has 0 aromatic heterocycles. The molecular formula is C4H11O5PS. The van der Waals surface area contributed by atoms with E-state index in [1.54, 1.807) is 0 Å². The number of sulfone groups is 1. The molecule has 0 heterocycles. The summed E-state index contributed by atoms with van der Waals surface area (Å²) in [5, 5.41) is -1.32. The van der Waals surface area contributed by atoms with Gasteiger partial charge in [-0.15, -0.1) is 0 Å². The van der Waals surface area contributed by atoms with Crippen molar-refractivity contribution in [1.29, 1.82) is 0 Å². The molecule has 0 rings (SSSR count). The summed E-state index contributed by atoms with van der Waals surface area (Å²) >= 11 is 0. The van der Waals surface area contributed by atoms with E-state index in [-0.39, 0.29) is 0 Å². The first-order valence-corrected chi connectivity index (χ1v) is 6.07. The van der Waals surface area contributed by atoms with Crippen molar-refractivity contribution < 1.29 is 22.2 Å². The molecule has 0 amide bonds. The van der Waals surface area contributed by atoms with Gasteiger partial charge in [-0.3, -0.25) is 4.57 Å². The maximum atomic E-state index is 10.8. The molecule has 2 atom stereocenters. The molecule has 68 valence electrons. The van der Waals surface area contributed by atoms with Crippen LogP contribution in [0.1, 0.15) is 0 Å². The largest absolute Gasteiger partial charge is 0.357 e. The number of ether oxygens (including phenoxy) is 1. The van der Waals surface area contributed by atoms with Crippen LogP contribution in [0.3, 0.4) is 0 Å². The van der Waals surface area contributed by atoms with Crippen molar-refractivity contribution in [3.05, 3.63) is 0 Å². The Labute approximate surface area is 66.5 Å². The van der Waals surface area contributed by atoms with E-state index in [0.717, 1.165) is 6.26 Å². The van der Waals surface area contributed by atoms with E-state index in [4.69, 9.17) is 0 Å². The van der Waals surface area contributed by atoms with Crippen LogP contribution in [0, 0.1) is 0 Å². The van der Waals surface area contributed by atoms with Crippen LogP contribution >= 0.6 is 8.03 Å². The molecule has 0 spiro atoms. The predicted octanol–water partition coefficient (Wildman–Crippen LogP) is 0.0821. The van der Waals surface area contributed by atoms with Crippen LogP contribution in [0.4, 0.5) is 0 Å². The molecule has 0 aromatic rings. The van der Waals surface area contributed by atoms with Gasteiger partial charge in [0.1, 0.15) is 0 Å². The Morgan fingerprint density at radius 1 is 1.36 bits per heavy atom. The number of hydrogen-bond donors (Lipinski definition) is 0. The molecule has 2 unspecified atom stereocenters. The first-order valence-electron chi connectivity index (χ1n) is 2.73. The first-order chi connectivity index (χ1) is 4.93. The molecule has 0 N–H and O–H groups in total. The smallest absolute Gasteiger partial charge is 0.234 e. The van der Waals surface area contributed by atoms with Gasteiger partial charge in [-0.25, -0.2) is 8.42 Å². The predicted molar refractivity (Wildman–Crippen MR) is 41.7 cm³/mol. The summed E-state index contributed by atoms with van der Waals surface area (Å²) in [6, 6.07) is 0. The van der Waals surface area contributed by atoms with Gasteiger partial charge in [0, 0.05) is 20.5 Å². The van der Waals surface area contributed by atoms with E-state index in [1.165, 1.54) is 14.2 Å². The van der Waals surface area contributed by atoms with Gasteiger partial charge in [-0.1, -0.05) is 0 Å². The lowest BCUT2D eigenvalue weighted by Crippen LogP contribution is -2.18. The van der Waals surface area contributed by atoms with Crippen molar-refractivity contribution in [2.45, 2.75) is 5.18 Å². The molecule has 0 radical (unpaired) electrons. The van der Waals surface area contributed by atoms with Crippen LogP contribution in [-0.2, 0) is 23.7 Å². The van der Waals surface area contributed by atoms with Gasteiger partial charge in [0.05, 0.1) is 0 Å². The number of rotatable bonds is 4. The Hall–Kier alpha value is 0.100. The van der Waals surface area contributed by atoms with Gasteiger partial charge >= 0.3 is 0 Å². The molecule has 0 aliphatic carbocycles. The average molecular weight is 202 g/mol. The number of hydrogen-bond acceptors (Lipinski definition) is 5. The minimum atomic E-state index is -3.44. The Kier molecular flexibility index (Phi) is 4.25. The van der Waals surface area contributed by atoms with E-state index in [9.17, 15) is 13.0 Å². The Bertz CT molecular complexity index is 233. The van der Waals surface area contributed by atoms with Gasteiger partial charge in [-0.2, -0.15) is 0 Å². The zero-order valence-corrected chi connectivity index (χ0v) is 8.34. The van der Waals surface area contributed by atoms with Crippen molar-refractivity contribution in [3.8, 4) is 0 Å². The molecule has 0 saturated carbocycles. The fraction of sp³-hybridized carbons (Fsp3) is 1.00. The molecule has 0 aliphatic heterocycles. The fourth-order valence-corrected chi connectivity index (χ4v) is 2.96. The zero-order valence-electron chi connectivity index (χ0n) is 6.53. The SMILES string of the molecule is COC([PH](=O)OC)S(C)(=O)=O. The fourth-order valence-electron chi connectivity index (χ4n) is 0.542. The van der Waals surface area contributed by atoms with E-state index in [0.29, 0.717) is 0 Å². The van der Waals surface area contributed by atoms with Crippen LogP contribution in [0.5, 0.6) is 0 Å². The zero-order chi connectivity index (χ0) is 9.07. The average Bonchev–Trinajstić information content (AvgIpc) is 1.86. The van der Waals surface area contributed by atoms with Gasteiger partial charge in [0.2, 0.25) is 13.2 Å². The van der Waals surface area contributed by atoms with Crippen LogP contribution in [0.25, 0.3) is 0 Å². The lowest BCUT2D eigenvalue weighted by molar-refractivity contribution is 0.205. The van der Waals surface area contributed by atoms with Gasteiger partial charge in [-0.05, 0) is 0 Å². The Morgan fingerprint density at radius 2 is 1.82 bits per heavy atom. The second-order valence-electron chi connectivity index (χ2n) is 1.92. The van der Waals surface area contributed by atoms with Gasteiger partial charge < -0.3 is 9.26 Å². The third-order valence-electron chi connectivity index (χ3n) is 0.997. The van der Waals surface area contributed by atoms with Crippen LogP contribution in [-0.4, -0.2) is 34.1 Å². The molecular weight excluding hydrogens is 191 g/mol. The summed E-state index contributed by atoms with van der Waals surface area (Å²) in [5.41, 5.74) is 0. The normalized spacial score (nSPS) is 17.7. The minimum Gasteiger partial charge on any atom is -0.357 e. The first kappa shape index (κ1) is 11.1. The topological polar surface area (TPSA) is 69.7 Å². The Morgan fingerprint density at radius 3 is 1.91 bits per heavy atom. The molecule has 11 heavy (non-hydrogen) atoms. The maximum Gasteiger partial charge on any atom is 0.234 e. The summed E-state index contributed by atoms with van der Waals surface area (Å²) in [6.07, 6.45) is 0.947. The van der Waals surface area contributed by atoms with Crippen molar-refractivity contribution >= 4 is 17.9 Å². The Balaban J connectivity index is 4.56.